The third-order valence-electron chi connectivity index (χ3n) is 7.27. The summed E-state index contributed by atoms with van der Waals surface area (Å²) in [4.78, 5) is 45.8. The molecule has 5 aromatic rings. The predicted octanol–water partition coefficient (Wildman–Crippen LogP) is 7.07. The molecule has 3 aromatic carbocycles. The van der Waals surface area contributed by atoms with E-state index in [-0.39, 0.29) is 23.8 Å². The Balaban J connectivity index is 1.51. The highest BCUT2D eigenvalue weighted by atomic mass is 35.5. The van der Waals surface area contributed by atoms with Crippen LogP contribution in [-0.4, -0.2) is 29.2 Å². The fourth-order valence-electron chi connectivity index (χ4n) is 5.28. The molecule has 0 aliphatic carbocycles. The maximum absolute atomic E-state index is 14.2. The summed E-state index contributed by atoms with van der Waals surface area (Å²) in [7, 11) is 0. The van der Waals surface area contributed by atoms with Crippen molar-refractivity contribution < 1.29 is 23.5 Å². The first kappa shape index (κ1) is 32.2. The third-order valence-corrected chi connectivity index (χ3v) is 8.74. The Labute approximate surface area is 283 Å². The Morgan fingerprint density at radius 2 is 1.70 bits per heavy atom. The number of thiazole rings is 1. The van der Waals surface area contributed by atoms with Crippen LogP contribution in [0.4, 0.5) is 0 Å². The number of benzene rings is 3. The van der Waals surface area contributed by atoms with Gasteiger partial charge in [0.05, 0.1) is 40.1 Å². The normalized spacial score (nSPS) is 14.6. The van der Waals surface area contributed by atoms with Crippen molar-refractivity contribution in [1.82, 2.24) is 4.57 Å². The SMILES string of the molecule is CCOC(=O)C1=C(c2ccccc2)N=c2s/c(=C/c3ccc(-c4cc(Cl)ccc4C(=O)OC(C)C)o3)c(=O)n2[C@H]1c1ccc(Cl)cc1. The number of esters is 2. The lowest BCUT2D eigenvalue weighted by Gasteiger charge is -2.25. The van der Waals surface area contributed by atoms with Crippen molar-refractivity contribution in [3.63, 3.8) is 0 Å². The summed E-state index contributed by atoms with van der Waals surface area (Å²) in [6, 6.07) is 23.7. The molecule has 1 atom stereocenters. The highest BCUT2D eigenvalue weighted by molar-refractivity contribution is 7.07. The molecule has 0 saturated carbocycles. The molecule has 0 radical (unpaired) electrons. The molecule has 6 rings (SSSR count). The lowest BCUT2D eigenvalue weighted by molar-refractivity contribution is -0.138. The minimum Gasteiger partial charge on any atom is -0.463 e. The number of furan rings is 1. The van der Waals surface area contributed by atoms with Crippen LogP contribution in [0.1, 0.15) is 54.1 Å². The van der Waals surface area contributed by atoms with E-state index in [1.165, 1.54) is 15.9 Å². The monoisotopic (exact) mass is 686 g/mol. The Morgan fingerprint density at radius 1 is 0.979 bits per heavy atom. The zero-order valence-corrected chi connectivity index (χ0v) is 27.9. The van der Waals surface area contributed by atoms with Crippen LogP contribution in [0, 0.1) is 0 Å². The van der Waals surface area contributed by atoms with Gasteiger partial charge >= 0.3 is 11.9 Å². The second kappa shape index (κ2) is 13.6. The summed E-state index contributed by atoms with van der Waals surface area (Å²) >= 11 is 13.7. The van der Waals surface area contributed by atoms with Crippen LogP contribution in [0.25, 0.3) is 23.1 Å². The number of rotatable bonds is 8. The molecule has 0 saturated heterocycles. The number of nitrogens with zero attached hydrogens (tertiary/aromatic N) is 2. The highest BCUT2D eigenvalue weighted by Gasteiger charge is 2.35. The largest absolute Gasteiger partial charge is 0.463 e. The number of aromatic nitrogens is 1. The minimum absolute atomic E-state index is 0.145. The van der Waals surface area contributed by atoms with Gasteiger partial charge in [-0.25, -0.2) is 14.6 Å². The molecule has 0 bridgehead atoms. The standard InChI is InChI=1S/C36H28Cl2N2O6S/c1-4-44-35(43)30-31(21-8-6-5-7-9-21)39-36-40(32(30)22-10-12-23(37)13-11-22)33(41)29(47-36)19-25-15-17-28(46-25)27-18-24(38)14-16-26(27)34(42)45-20(2)3/h5-20,32H,4H2,1-3H3/b29-19+/t32-/m0/s1. The number of fused-ring (bicyclic) bond motifs is 1. The fourth-order valence-corrected chi connectivity index (χ4v) is 6.56. The smallest absolute Gasteiger partial charge is 0.339 e. The zero-order valence-electron chi connectivity index (χ0n) is 25.5. The van der Waals surface area contributed by atoms with Crippen LogP contribution in [0.15, 0.2) is 105 Å². The van der Waals surface area contributed by atoms with Crippen molar-refractivity contribution >= 4 is 58.3 Å². The highest BCUT2D eigenvalue weighted by Crippen LogP contribution is 2.36. The number of carbonyl (C=O) groups is 2. The van der Waals surface area contributed by atoms with Gasteiger partial charge in [0.1, 0.15) is 11.5 Å². The van der Waals surface area contributed by atoms with Gasteiger partial charge in [0.2, 0.25) is 0 Å². The van der Waals surface area contributed by atoms with Crippen LogP contribution >= 0.6 is 34.5 Å². The van der Waals surface area contributed by atoms with Gasteiger partial charge in [-0.3, -0.25) is 9.36 Å². The van der Waals surface area contributed by atoms with Crippen molar-refractivity contribution in [2.24, 2.45) is 4.99 Å². The van der Waals surface area contributed by atoms with Gasteiger partial charge in [0.15, 0.2) is 4.80 Å². The van der Waals surface area contributed by atoms with Crippen LogP contribution in [0.2, 0.25) is 10.0 Å². The molecule has 0 unspecified atom stereocenters. The molecule has 238 valence electrons. The Morgan fingerprint density at radius 3 is 2.40 bits per heavy atom. The van der Waals surface area contributed by atoms with E-state index in [0.717, 1.165) is 0 Å². The first-order chi connectivity index (χ1) is 22.6. The number of hydrogen-bond acceptors (Lipinski definition) is 8. The van der Waals surface area contributed by atoms with E-state index in [1.807, 2.05) is 30.3 Å². The second-order valence-corrected chi connectivity index (χ2v) is 12.7. The Hall–Kier alpha value is -4.70. The molecule has 11 heteroatoms. The van der Waals surface area contributed by atoms with Crippen molar-refractivity contribution in [3.8, 4) is 11.3 Å². The van der Waals surface area contributed by atoms with Gasteiger partial charge in [-0.15, -0.1) is 0 Å². The van der Waals surface area contributed by atoms with E-state index in [0.29, 0.717) is 58.9 Å². The maximum atomic E-state index is 14.2. The first-order valence-corrected chi connectivity index (χ1v) is 16.4. The molecular weight excluding hydrogens is 659 g/mol. The number of halogens is 2. The van der Waals surface area contributed by atoms with Crippen molar-refractivity contribution in [2.75, 3.05) is 6.61 Å². The molecule has 1 aliphatic rings. The van der Waals surface area contributed by atoms with E-state index < -0.39 is 18.0 Å². The van der Waals surface area contributed by atoms with Gasteiger partial charge in [-0.05, 0) is 68.8 Å². The van der Waals surface area contributed by atoms with Crippen LogP contribution in [0.3, 0.4) is 0 Å². The summed E-state index contributed by atoms with van der Waals surface area (Å²) in [5, 5.41) is 0.932. The van der Waals surface area contributed by atoms with Gasteiger partial charge in [0.25, 0.3) is 5.56 Å². The van der Waals surface area contributed by atoms with Crippen molar-refractivity contribution in [1.29, 1.82) is 0 Å². The van der Waals surface area contributed by atoms with Crippen molar-refractivity contribution in [3.05, 3.63) is 143 Å². The number of ether oxygens (including phenoxy) is 2. The molecule has 8 nitrogen and oxygen atoms in total. The van der Waals surface area contributed by atoms with Crippen molar-refractivity contribution in [2.45, 2.75) is 32.9 Å². The van der Waals surface area contributed by atoms with E-state index in [4.69, 9.17) is 42.1 Å². The fraction of sp³-hybridized carbons (Fsp3) is 0.167. The van der Waals surface area contributed by atoms with E-state index in [1.54, 1.807) is 81.4 Å². The maximum Gasteiger partial charge on any atom is 0.339 e. The van der Waals surface area contributed by atoms with Crippen LogP contribution in [0.5, 0.6) is 0 Å². The molecule has 47 heavy (non-hydrogen) atoms. The Kier molecular flexibility index (Phi) is 9.31. The topological polar surface area (TPSA) is 100 Å². The van der Waals surface area contributed by atoms with E-state index in [2.05, 4.69) is 0 Å². The van der Waals surface area contributed by atoms with E-state index >= 15 is 0 Å². The molecule has 0 N–H and O–H groups in total. The van der Waals surface area contributed by atoms with Crippen LogP contribution < -0.4 is 14.9 Å². The molecule has 3 heterocycles. The second-order valence-electron chi connectivity index (χ2n) is 10.8. The Bertz CT molecular complexity index is 2200. The van der Waals surface area contributed by atoms with Crippen LogP contribution in [-0.2, 0) is 14.3 Å². The summed E-state index contributed by atoms with van der Waals surface area (Å²) in [6.45, 7) is 5.41. The van der Waals surface area contributed by atoms with Gasteiger partial charge in [-0.2, -0.15) is 0 Å². The number of carbonyl (C=O) groups excluding carboxylic acids is 2. The summed E-state index contributed by atoms with van der Waals surface area (Å²) in [6.07, 6.45) is 1.30. The van der Waals surface area contributed by atoms with Gasteiger partial charge in [0, 0.05) is 27.2 Å². The molecule has 0 spiro atoms. The number of hydrogen-bond donors (Lipinski definition) is 0. The third kappa shape index (κ3) is 6.60. The lowest BCUT2D eigenvalue weighted by Crippen LogP contribution is -2.39. The zero-order chi connectivity index (χ0) is 33.2. The quantitative estimate of drug-likeness (QED) is 0.162. The lowest BCUT2D eigenvalue weighted by atomic mass is 9.93. The van der Waals surface area contributed by atoms with Gasteiger partial charge < -0.3 is 13.9 Å². The molecule has 1 aliphatic heterocycles. The molecule has 2 aromatic heterocycles. The molecular formula is C36H28Cl2N2O6S. The molecule has 0 amide bonds. The van der Waals surface area contributed by atoms with E-state index in [9.17, 15) is 14.4 Å². The first-order valence-electron chi connectivity index (χ1n) is 14.8. The predicted molar refractivity (Wildman–Crippen MR) is 182 cm³/mol. The summed E-state index contributed by atoms with van der Waals surface area (Å²) in [5.74, 6) is -0.346. The summed E-state index contributed by atoms with van der Waals surface area (Å²) in [5.41, 5.74) is 2.40. The van der Waals surface area contributed by atoms with Gasteiger partial charge in [-0.1, -0.05) is 77.0 Å². The minimum atomic E-state index is -0.840. The average Bonchev–Trinajstić information content (AvgIpc) is 3.64. The molecule has 0 fully saturated rings. The summed E-state index contributed by atoms with van der Waals surface area (Å²) < 4.78 is 18.9. The average molecular weight is 688 g/mol.